The van der Waals surface area contributed by atoms with Crippen LogP contribution in [0.2, 0.25) is 0 Å². The first-order valence-corrected chi connectivity index (χ1v) is 8.60. The van der Waals surface area contributed by atoms with Crippen LogP contribution >= 0.6 is 0 Å². The Hall–Kier alpha value is -2.70. The van der Waals surface area contributed by atoms with E-state index in [0.29, 0.717) is 16.5 Å². The molecule has 1 aliphatic carbocycles. The maximum Gasteiger partial charge on any atom is 0.274 e. The zero-order chi connectivity index (χ0) is 17.8. The largest absolute Gasteiger partial charge is 0.274 e. The second kappa shape index (κ2) is 7.46. The molecule has 132 valence electrons. The molecule has 2 aromatic rings. The number of aromatic nitrogens is 2. The Bertz CT molecular complexity index is 853. The summed E-state index contributed by atoms with van der Waals surface area (Å²) in [4.78, 5) is 36.4. The van der Waals surface area contributed by atoms with Crippen LogP contribution in [0, 0.1) is 5.92 Å². The van der Waals surface area contributed by atoms with E-state index in [-0.39, 0.29) is 29.7 Å². The van der Waals surface area contributed by atoms with Gasteiger partial charge in [-0.05, 0) is 18.9 Å². The highest BCUT2D eigenvalue weighted by atomic mass is 16.2. The zero-order valence-corrected chi connectivity index (χ0v) is 14.2. The first kappa shape index (κ1) is 17.1. The van der Waals surface area contributed by atoms with Crippen LogP contribution in [0.4, 0.5) is 0 Å². The maximum atomic E-state index is 12.2. The third-order valence-electron chi connectivity index (χ3n) is 4.66. The lowest BCUT2D eigenvalue weighted by Crippen LogP contribution is -2.45. The molecule has 2 N–H and O–H groups in total. The number of carbonyl (C=O) groups excluding carboxylic acids is 2. The number of aryl methyl sites for hydroxylation is 1. The lowest BCUT2D eigenvalue weighted by molar-refractivity contribution is -0.131. The summed E-state index contributed by atoms with van der Waals surface area (Å²) >= 11 is 0. The molecule has 0 radical (unpaired) electrons. The Balaban J connectivity index is 1.67. The Morgan fingerprint density at radius 2 is 1.80 bits per heavy atom. The predicted octanol–water partition coefficient (Wildman–Crippen LogP) is 1.20. The molecule has 0 bridgehead atoms. The smallest absolute Gasteiger partial charge is 0.273 e. The number of hydrogen-bond donors (Lipinski definition) is 2. The van der Waals surface area contributed by atoms with E-state index in [1.807, 2.05) is 0 Å². The number of benzene rings is 1. The molecule has 1 aromatic heterocycles. The molecule has 1 fully saturated rings. The average Bonchev–Trinajstić information content (AvgIpc) is 2.64. The Morgan fingerprint density at radius 1 is 1.12 bits per heavy atom. The molecule has 2 amide bonds. The summed E-state index contributed by atoms with van der Waals surface area (Å²) in [6.45, 7) is 0. The molecule has 25 heavy (non-hydrogen) atoms. The fourth-order valence-corrected chi connectivity index (χ4v) is 3.30. The fraction of sp³-hybridized carbons (Fsp3) is 0.444. The highest BCUT2D eigenvalue weighted by Crippen LogP contribution is 2.23. The molecule has 0 aliphatic heterocycles. The third kappa shape index (κ3) is 3.87. The molecule has 7 nitrogen and oxygen atoms in total. The number of rotatable bonds is 3. The molecule has 0 saturated heterocycles. The quantitative estimate of drug-likeness (QED) is 0.820. The number of nitrogens with one attached hydrogen (secondary N) is 2. The lowest BCUT2D eigenvalue weighted by atomic mass is 9.89. The van der Waals surface area contributed by atoms with Crippen molar-refractivity contribution in [2.45, 2.75) is 38.5 Å². The Labute approximate surface area is 145 Å². The predicted molar refractivity (Wildman–Crippen MR) is 93.5 cm³/mol. The van der Waals surface area contributed by atoms with E-state index in [1.165, 1.54) is 11.1 Å². The minimum absolute atomic E-state index is 0.0143. The number of nitrogens with zero attached hydrogens (tertiary/aromatic N) is 2. The second-order valence-electron chi connectivity index (χ2n) is 6.47. The van der Waals surface area contributed by atoms with Crippen molar-refractivity contribution >= 4 is 22.6 Å². The zero-order valence-electron chi connectivity index (χ0n) is 14.2. The Kier molecular flexibility index (Phi) is 5.11. The standard InChI is InChI=1S/C18H22N4O3/c1-22-18(25)14-10-6-5-9-13(14)15(21-22)11-16(23)19-20-17(24)12-7-3-2-4-8-12/h5-6,9-10,12H,2-4,7-8,11H2,1H3,(H,19,23)(H,20,24). The van der Waals surface area contributed by atoms with Crippen molar-refractivity contribution in [2.75, 3.05) is 0 Å². The first-order chi connectivity index (χ1) is 12.1. The molecule has 1 aliphatic rings. The van der Waals surface area contributed by atoms with Crippen LogP contribution in [0.3, 0.4) is 0 Å². The molecule has 1 saturated carbocycles. The van der Waals surface area contributed by atoms with Crippen molar-refractivity contribution in [1.29, 1.82) is 0 Å². The summed E-state index contributed by atoms with van der Waals surface area (Å²) in [5.41, 5.74) is 5.27. The van der Waals surface area contributed by atoms with Gasteiger partial charge >= 0.3 is 0 Å². The van der Waals surface area contributed by atoms with Crippen molar-refractivity contribution in [3.63, 3.8) is 0 Å². The van der Waals surface area contributed by atoms with Gasteiger partial charge in [-0.15, -0.1) is 0 Å². The van der Waals surface area contributed by atoms with Gasteiger partial charge in [0.25, 0.3) is 5.56 Å². The van der Waals surface area contributed by atoms with E-state index in [4.69, 9.17) is 0 Å². The summed E-state index contributed by atoms with van der Waals surface area (Å²) in [5.74, 6) is -0.516. The van der Waals surface area contributed by atoms with Crippen LogP contribution in [0.15, 0.2) is 29.1 Å². The van der Waals surface area contributed by atoms with Gasteiger partial charge in [0, 0.05) is 18.4 Å². The van der Waals surface area contributed by atoms with Gasteiger partial charge in [-0.25, -0.2) is 4.68 Å². The summed E-state index contributed by atoms with van der Waals surface area (Å²) in [7, 11) is 1.56. The highest BCUT2D eigenvalue weighted by Gasteiger charge is 2.21. The minimum atomic E-state index is -0.361. The molecule has 1 aromatic carbocycles. The summed E-state index contributed by atoms with van der Waals surface area (Å²) < 4.78 is 1.23. The SMILES string of the molecule is Cn1nc(CC(=O)NNC(=O)C2CCCCC2)c2ccccc2c1=O. The average molecular weight is 342 g/mol. The molecule has 0 unspecified atom stereocenters. The van der Waals surface area contributed by atoms with Gasteiger partial charge in [0.1, 0.15) is 0 Å². The summed E-state index contributed by atoms with van der Waals surface area (Å²) in [6, 6.07) is 7.06. The molecule has 0 spiro atoms. The van der Waals surface area contributed by atoms with Gasteiger partial charge in [-0.2, -0.15) is 5.10 Å². The number of hydrogen-bond acceptors (Lipinski definition) is 4. The van der Waals surface area contributed by atoms with E-state index < -0.39 is 0 Å². The number of hydrazine groups is 1. The van der Waals surface area contributed by atoms with E-state index >= 15 is 0 Å². The van der Waals surface area contributed by atoms with Crippen LogP contribution in [-0.4, -0.2) is 21.6 Å². The van der Waals surface area contributed by atoms with Crippen LogP contribution in [0.5, 0.6) is 0 Å². The van der Waals surface area contributed by atoms with Crippen molar-refractivity contribution in [3.05, 3.63) is 40.3 Å². The summed E-state index contributed by atoms with van der Waals surface area (Å²) in [6.07, 6.45) is 5.00. The second-order valence-corrected chi connectivity index (χ2v) is 6.47. The lowest BCUT2D eigenvalue weighted by Gasteiger charge is -2.20. The molecule has 3 rings (SSSR count). The first-order valence-electron chi connectivity index (χ1n) is 8.60. The fourth-order valence-electron chi connectivity index (χ4n) is 3.30. The highest BCUT2D eigenvalue weighted by molar-refractivity contribution is 5.89. The van der Waals surface area contributed by atoms with E-state index in [0.717, 1.165) is 25.7 Å². The van der Waals surface area contributed by atoms with Gasteiger partial charge in [0.2, 0.25) is 11.8 Å². The Morgan fingerprint density at radius 3 is 2.52 bits per heavy atom. The van der Waals surface area contributed by atoms with Crippen LogP contribution in [0.25, 0.3) is 10.8 Å². The molecule has 0 atom stereocenters. The van der Waals surface area contributed by atoms with Crippen molar-refractivity contribution in [3.8, 4) is 0 Å². The van der Waals surface area contributed by atoms with E-state index in [9.17, 15) is 14.4 Å². The van der Waals surface area contributed by atoms with Gasteiger partial charge in [0.05, 0.1) is 17.5 Å². The van der Waals surface area contributed by atoms with Gasteiger partial charge in [-0.1, -0.05) is 37.5 Å². The van der Waals surface area contributed by atoms with Gasteiger partial charge < -0.3 is 0 Å². The van der Waals surface area contributed by atoms with Crippen LogP contribution < -0.4 is 16.4 Å². The number of fused-ring (bicyclic) bond motifs is 1. The van der Waals surface area contributed by atoms with Crippen LogP contribution in [0.1, 0.15) is 37.8 Å². The maximum absolute atomic E-state index is 12.2. The molecule has 1 heterocycles. The minimum Gasteiger partial charge on any atom is -0.273 e. The van der Waals surface area contributed by atoms with Gasteiger partial charge in [0.15, 0.2) is 0 Å². The molecular weight excluding hydrogens is 320 g/mol. The molecular formula is C18H22N4O3. The van der Waals surface area contributed by atoms with E-state index in [2.05, 4.69) is 16.0 Å². The topological polar surface area (TPSA) is 93.1 Å². The van der Waals surface area contributed by atoms with Gasteiger partial charge in [-0.3, -0.25) is 25.2 Å². The van der Waals surface area contributed by atoms with E-state index in [1.54, 1.807) is 31.3 Å². The number of amides is 2. The van der Waals surface area contributed by atoms with Crippen molar-refractivity contribution in [2.24, 2.45) is 13.0 Å². The normalized spacial score (nSPS) is 15.1. The van der Waals surface area contributed by atoms with Crippen molar-refractivity contribution < 1.29 is 9.59 Å². The monoisotopic (exact) mass is 342 g/mol. The van der Waals surface area contributed by atoms with Crippen LogP contribution in [-0.2, 0) is 23.1 Å². The third-order valence-corrected chi connectivity index (χ3v) is 4.66. The van der Waals surface area contributed by atoms with Crippen molar-refractivity contribution in [1.82, 2.24) is 20.6 Å². The number of carbonyl (C=O) groups is 2. The molecule has 7 heteroatoms. The summed E-state index contributed by atoms with van der Waals surface area (Å²) in [5, 5.41) is 5.36.